The van der Waals surface area contributed by atoms with Crippen molar-refractivity contribution in [1.82, 2.24) is 24.7 Å². The fraction of sp³-hybridized carbons (Fsp3) is 0.292. The summed E-state index contributed by atoms with van der Waals surface area (Å²) in [7, 11) is 0. The lowest BCUT2D eigenvalue weighted by atomic mass is 10.0. The molecule has 33 heavy (non-hydrogen) atoms. The molecule has 5 rings (SSSR count). The molecule has 0 aliphatic heterocycles. The SMILES string of the molecule is CCNc1ccc(-c2nn(Cc3cccnc3)c3c2CCCc2nc(NC(C)=O)sc2-3)cn1. The van der Waals surface area contributed by atoms with Gasteiger partial charge in [0.2, 0.25) is 5.91 Å². The summed E-state index contributed by atoms with van der Waals surface area (Å²) in [5, 5.41) is 11.8. The number of fused-ring (bicyclic) bond motifs is 3. The predicted octanol–water partition coefficient (Wildman–Crippen LogP) is 4.39. The third-order valence-electron chi connectivity index (χ3n) is 5.54. The molecule has 4 heterocycles. The average molecular weight is 460 g/mol. The zero-order valence-electron chi connectivity index (χ0n) is 18.6. The molecule has 0 bridgehead atoms. The summed E-state index contributed by atoms with van der Waals surface area (Å²) in [6.45, 7) is 4.99. The summed E-state index contributed by atoms with van der Waals surface area (Å²) in [5.74, 6) is 0.738. The van der Waals surface area contributed by atoms with Crippen LogP contribution in [-0.4, -0.2) is 37.2 Å². The van der Waals surface area contributed by atoms with E-state index in [9.17, 15) is 4.79 Å². The van der Waals surface area contributed by atoms with E-state index in [2.05, 4.69) is 44.3 Å². The first-order chi connectivity index (χ1) is 16.1. The number of nitrogens with zero attached hydrogens (tertiary/aromatic N) is 5. The molecule has 0 unspecified atom stereocenters. The van der Waals surface area contributed by atoms with Crippen molar-refractivity contribution in [3.63, 3.8) is 0 Å². The second-order valence-electron chi connectivity index (χ2n) is 7.99. The number of aromatic nitrogens is 5. The molecule has 0 atom stereocenters. The fourth-order valence-corrected chi connectivity index (χ4v) is 5.30. The second-order valence-corrected chi connectivity index (χ2v) is 8.99. The van der Waals surface area contributed by atoms with Gasteiger partial charge in [-0.15, -0.1) is 0 Å². The molecule has 168 valence electrons. The molecule has 1 amide bonds. The topological polar surface area (TPSA) is 97.6 Å². The smallest absolute Gasteiger partial charge is 0.223 e. The molecule has 0 radical (unpaired) electrons. The van der Waals surface area contributed by atoms with Gasteiger partial charge in [-0.3, -0.25) is 14.5 Å². The highest BCUT2D eigenvalue weighted by atomic mass is 32.1. The lowest BCUT2D eigenvalue weighted by molar-refractivity contribution is -0.114. The third kappa shape index (κ3) is 4.36. The number of nitrogens with one attached hydrogen (secondary N) is 2. The maximum Gasteiger partial charge on any atom is 0.223 e. The van der Waals surface area contributed by atoms with Crippen molar-refractivity contribution in [2.45, 2.75) is 39.7 Å². The Morgan fingerprint density at radius 1 is 1.21 bits per heavy atom. The van der Waals surface area contributed by atoms with E-state index in [1.165, 1.54) is 23.8 Å². The van der Waals surface area contributed by atoms with E-state index in [4.69, 9.17) is 10.1 Å². The molecule has 4 aromatic rings. The van der Waals surface area contributed by atoms with Gasteiger partial charge in [0, 0.05) is 43.2 Å². The minimum Gasteiger partial charge on any atom is -0.370 e. The van der Waals surface area contributed by atoms with E-state index in [0.29, 0.717) is 11.7 Å². The normalized spacial score (nSPS) is 12.5. The van der Waals surface area contributed by atoms with Gasteiger partial charge in [0.1, 0.15) is 5.82 Å². The third-order valence-corrected chi connectivity index (χ3v) is 6.56. The Balaban J connectivity index is 1.64. The Morgan fingerprint density at radius 3 is 2.85 bits per heavy atom. The van der Waals surface area contributed by atoms with Crippen molar-refractivity contribution in [2.75, 3.05) is 17.2 Å². The number of aryl methyl sites for hydroxylation is 1. The van der Waals surface area contributed by atoms with Crippen molar-refractivity contribution in [3.8, 4) is 21.8 Å². The van der Waals surface area contributed by atoms with Crippen LogP contribution in [0.25, 0.3) is 21.8 Å². The van der Waals surface area contributed by atoms with Gasteiger partial charge >= 0.3 is 0 Å². The zero-order chi connectivity index (χ0) is 22.8. The second kappa shape index (κ2) is 9.11. The first-order valence-corrected chi connectivity index (χ1v) is 11.9. The van der Waals surface area contributed by atoms with E-state index < -0.39 is 0 Å². The Bertz CT molecular complexity index is 1280. The summed E-state index contributed by atoms with van der Waals surface area (Å²) in [6, 6.07) is 8.06. The van der Waals surface area contributed by atoms with Crippen LogP contribution >= 0.6 is 11.3 Å². The summed E-state index contributed by atoms with van der Waals surface area (Å²) < 4.78 is 2.06. The Labute approximate surface area is 196 Å². The summed E-state index contributed by atoms with van der Waals surface area (Å²) in [4.78, 5) is 26.3. The van der Waals surface area contributed by atoms with E-state index in [1.807, 2.05) is 24.5 Å². The molecule has 0 fully saturated rings. The lowest BCUT2D eigenvalue weighted by Gasteiger charge is -2.07. The Kier molecular flexibility index (Phi) is 5.87. The van der Waals surface area contributed by atoms with Crippen LogP contribution in [0.5, 0.6) is 0 Å². The number of carbonyl (C=O) groups is 1. The molecule has 8 nitrogen and oxygen atoms in total. The van der Waals surface area contributed by atoms with Crippen molar-refractivity contribution in [1.29, 1.82) is 0 Å². The zero-order valence-corrected chi connectivity index (χ0v) is 19.4. The van der Waals surface area contributed by atoms with Gasteiger partial charge in [0.15, 0.2) is 5.13 Å². The maximum absolute atomic E-state index is 11.6. The summed E-state index contributed by atoms with van der Waals surface area (Å²) in [6.07, 6.45) is 8.27. The van der Waals surface area contributed by atoms with Crippen LogP contribution < -0.4 is 10.6 Å². The monoisotopic (exact) mass is 459 g/mol. The minimum atomic E-state index is -0.115. The number of rotatable bonds is 6. The van der Waals surface area contributed by atoms with Crippen molar-refractivity contribution < 1.29 is 4.79 Å². The maximum atomic E-state index is 11.6. The fourth-order valence-electron chi connectivity index (χ4n) is 4.16. The number of anilines is 2. The van der Waals surface area contributed by atoms with E-state index >= 15 is 0 Å². The van der Waals surface area contributed by atoms with Gasteiger partial charge in [-0.1, -0.05) is 17.4 Å². The minimum absolute atomic E-state index is 0.115. The summed E-state index contributed by atoms with van der Waals surface area (Å²) >= 11 is 1.52. The van der Waals surface area contributed by atoms with Crippen LogP contribution in [0.2, 0.25) is 0 Å². The average Bonchev–Trinajstić information content (AvgIpc) is 3.30. The predicted molar refractivity (Wildman–Crippen MR) is 130 cm³/mol. The first kappa shape index (κ1) is 21.3. The molecule has 1 aliphatic carbocycles. The van der Waals surface area contributed by atoms with Crippen molar-refractivity contribution in [2.24, 2.45) is 0 Å². The quantitative estimate of drug-likeness (QED) is 0.444. The first-order valence-electron chi connectivity index (χ1n) is 11.1. The molecule has 0 saturated carbocycles. The lowest BCUT2D eigenvalue weighted by Crippen LogP contribution is -2.05. The largest absolute Gasteiger partial charge is 0.370 e. The number of pyridine rings is 2. The van der Waals surface area contributed by atoms with Crippen LogP contribution in [0.15, 0.2) is 42.9 Å². The highest BCUT2D eigenvalue weighted by Gasteiger charge is 2.28. The molecular formula is C24H25N7OS. The van der Waals surface area contributed by atoms with Crippen LogP contribution in [-0.2, 0) is 24.2 Å². The van der Waals surface area contributed by atoms with Crippen LogP contribution in [0.3, 0.4) is 0 Å². The molecule has 2 N–H and O–H groups in total. The number of carbonyl (C=O) groups excluding carboxylic acids is 1. The van der Waals surface area contributed by atoms with Crippen molar-refractivity contribution in [3.05, 3.63) is 59.7 Å². The number of thiazole rings is 1. The van der Waals surface area contributed by atoms with E-state index in [0.717, 1.165) is 64.7 Å². The van der Waals surface area contributed by atoms with Gasteiger partial charge in [-0.2, -0.15) is 5.10 Å². The van der Waals surface area contributed by atoms with Gasteiger partial charge in [-0.25, -0.2) is 9.97 Å². The Morgan fingerprint density at radius 2 is 2.12 bits per heavy atom. The molecule has 0 spiro atoms. The van der Waals surface area contributed by atoms with Crippen LogP contribution in [0, 0.1) is 0 Å². The number of amides is 1. The number of hydrogen-bond donors (Lipinski definition) is 2. The highest BCUT2D eigenvalue weighted by Crippen LogP contribution is 2.42. The number of hydrogen-bond acceptors (Lipinski definition) is 7. The Hall–Kier alpha value is -3.59. The molecule has 1 aliphatic rings. The van der Waals surface area contributed by atoms with Crippen molar-refractivity contribution >= 4 is 28.2 Å². The molecule has 0 aromatic carbocycles. The standard InChI is InChI=1S/C24H25N7OS/c1-3-26-20-10-9-17(13-27-20)21-18-7-4-8-19-23(33-24(29-19)28-15(2)32)22(18)31(30-21)14-16-6-5-11-25-12-16/h5-6,9-13H,3-4,7-8,14H2,1-2H3,(H,26,27)(H,28,29,32). The summed E-state index contributed by atoms with van der Waals surface area (Å²) in [5.41, 5.74) is 6.31. The van der Waals surface area contributed by atoms with E-state index in [-0.39, 0.29) is 5.91 Å². The highest BCUT2D eigenvalue weighted by molar-refractivity contribution is 7.19. The van der Waals surface area contributed by atoms with Gasteiger partial charge < -0.3 is 10.6 Å². The van der Waals surface area contributed by atoms with Gasteiger partial charge in [-0.05, 0) is 49.9 Å². The van der Waals surface area contributed by atoms with E-state index in [1.54, 1.807) is 6.20 Å². The molecule has 4 aromatic heterocycles. The van der Waals surface area contributed by atoms with Crippen LogP contribution in [0.1, 0.15) is 37.1 Å². The molecular weight excluding hydrogens is 434 g/mol. The molecule has 0 saturated heterocycles. The van der Waals surface area contributed by atoms with Gasteiger partial charge in [0.05, 0.1) is 28.5 Å². The molecule has 9 heteroatoms. The van der Waals surface area contributed by atoms with Gasteiger partial charge in [0.25, 0.3) is 0 Å². The van der Waals surface area contributed by atoms with Crippen LogP contribution in [0.4, 0.5) is 10.9 Å².